The summed E-state index contributed by atoms with van der Waals surface area (Å²) in [6.45, 7) is 1.17. The number of aromatic amines is 1. The number of hydrogen-bond acceptors (Lipinski definition) is 5. The minimum Gasteiger partial charge on any atom is -0.308 e. The number of nitrogens with one attached hydrogen (secondary N) is 1. The topological polar surface area (TPSA) is 86.4 Å². The van der Waals surface area contributed by atoms with Gasteiger partial charge < -0.3 is 4.98 Å². The highest BCUT2D eigenvalue weighted by atomic mass is 32.2. The van der Waals surface area contributed by atoms with Gasteiger partial charge in [-0.2, -0.15) is 17.0 Å². The first-order chi connectivity index (χ1) is 11.0. The van der Waals surface area contributed by atoms with Crippen molar-refractivity contribution in [1.29, 1.82) is 0 Å². The van der Waals surface area contributed by atoms with E-state index in [2.05, 4.69) is 9.97 Å². The lowest BCUT2D eigenvalue weighted by molar-refractivity contribution is 0.359. The van der Waals surface area contributed by atoms with Crippen LogP contribution in [0.1, 0.15) is 31.5 Å². The minimum atomic E-state index is -3.53. The summed E-state index contributed by atoms with van der Waals surface area (Å²) in [6.07, 6.45) is 3.92. The van der Waals surface area contributed by atoms with Gasteiger partial charge in [-0.25, -0.2) is 4.98 Å². The summed E-state index contributed by atoms with van der Waals surface area (Å²) in [7, 11) is -2.00. The van der Waals surface area contributed by atoms with E-state index in [1.165, 1.54) is 27.0 Å². The molecule has 3 rings (SSSR count). The lowest BCUT2D eigenvalue weighted by Crippen LogP contribution is -2.42. The maximum Gasteiger partial charge on any atom is 0.282 e. The van der Waals surface area contributed by atoms with Crippen LogP contribution in [-0.2, 0) is 16.8 Å². The van der Waals surface area contributed by atoms with Crippen molar-refractivity contribution < 1.29 is 8.42 Å². The number of nitrogens with zero attached hydrogens (tertiary/aromatic N) is 3. The molecule has 23 heavy (non-hydrogen) atoms. The number of fused-ring (bicyclic) bond motifs is 1. The summed E-state index contributed by atoms with van der Waals surface area (Å²) in [6, 6.07) is 1.77. The molecule has 1 aliphatic heterocycles. The Morgan fingerprint density at radius 3 is 2.70 bits per heavy atom. The van der Waals surface area contributed by atoms with Gasteiger partial charge in [-0.1, -0.05) is 12.8 Å². The molecular formula is C14H20N4O3S2. The molecule has 1 N–H and O–H groups in total. The van der Waals surface area contributed by atoms with Gasteiger partial charge >= 0.3 is 0 Å². The lowest BCUT2D eigenvalue weighted by atomic mass is 10.2. The Balaban J connectivity index is 1.81. The van der Waals surface area contributed by atoms with Crippen LogP contribution in [-0.4, -0.2) is 47.1 Å². The lowest BCUT2D eigenvalue weighted by Gasteiger charge is -2.26. The van der Waals surface area contributed by atoms with Crippen molar-refractivity contribution in [2.45, 2.75) is 32.2 Å². The molecule has 1 aliphatic rings. The Labute approximate surface area is 139 Å². The predicted molar refractivity (Wildman–Crippen MR) is 90.7 cm³/mol. The van der Waals surface area contributed by atoms with Crippen molar-refractivity contribution in [3.63, 3.8) is 0 Å². The summed E-state index contributed by atoms with van der Waals surface area (Å²) in [5.41, 5.74) is 0.384. The normalized spacial score (nSPS) is 17.7. The Bertz CT molecular complexity index is 835. The van der Waals surface area contributed by atoms with Crippen molar-refractivity contribution in [3.8, 4) is 0 Å². The fourth-order valence-corrected chi connectivity index (χ4v) is 4.88. The quantitative estimate of drug-likeness (QED) is 0.900. The van der Waals surface area contributed by atoms with Gasteiger partial charge in [0.15, 0.2) is 0 Å². The number of hydrogen-bond donors (Lipinski definition) is 1. The van der Waals surface area contributed by atoms with Gasteiger partial charge in [0.2, 0.25) is 0 Å². The van der Waals surface area contributed by atoms with Gasteiger partial charge in [0.05, 0.1) is 12.1 Å². The minimum absolute atomic E-state index is 0.0554. The van der Waals surface area contributed by atoms with E-state index in [0.29, 0.717) is 29.1 Å². The molecule has 3 heterocycles. The summed E-state index contributed by atoms with van der Waals surface area (Å²) >= 11 is 1.33. The monoisotopic (exact) mass is 356 g/mol. The van der Waals surface area contributed by atoms with Crippen LogP contribution in [0.2, 0.25) is 0 Å². The first kappa shape index (κ1) is 16.6. The maximum absolute atomic E-state index is 12.7. The van der Waals surface area contributed by atoms with Crippen LogP contribution in [0.3, 0.4) is 0 Å². The molecule has 9 heteroatoms. The zero-order valence-electron chi connectivity index (χ0n) is 13.0. The molecule has 7 nitrogen and oxygen atoms in total. The SMILES string of the molecule is CN(Cc1nc2ccsc2c(=O)[nH]1)S(=O)(=O)N1CCCCCC1. The summed E-state index contributed by atoms with van der Waals surface area (Å²) in [4.78, 5) is 19.0. The molecule has 0 spiro atoms. The smallest absolute Gasteiger partial charge is 0.282 e. The van der Waals surface area contributed by atoms with E-state index in [1.807, 2.05) is 0 Å². The van der Waals surface area contributed by atoms with Crippen molar-refractivity contribution in [2.75, 3.05) is 20.1 Å². The second kappa shape index (κ2) is 6.68. The molecule has 2 aromatic rings. The fourth-order valence-electron chi connectivity index (χ4n) is 2.76. The highest BCUT2D eigenvalue weighted by molar-refractivity contribution is 7.86. The van der Waals surface area contributed by atoms with Crippen molar-refractivity contribution in [1.82, 2.24) is 18.6 Å². The maximum atomic E-state index is 12.7. The molecule has 0 bridgehead atoms. The Morgan fingerprint density at radius 1 is 1.30 bits per heavy atom. The Kier molecular flexibility index (Phi) is 4.81. The second-order valence-electron chi connectivity index (χ2n) is 5.72. The average Bonchev–Trinajstić information content (AvgIpc) is 2.81. The molecule has 126 valence electrons. The highest BCUT2D eigenvalue weighted by Crippen LogP contribution is 2.18. The van der Waals surface area contributed by atoms with Gasteiger partial charge in [-0.05, 0) is 24.3 Å². The van der Waals surface area contributed by atoms with E-state index in [-0.39, 0.29) is 12.1 Å². The van der Waals surface area contributed by atoms with E-state index >= 15 is 0 Å². The molecule has 0 atom stereocenters. The second-order valence-corrected chi connectivity index (χ2v) is 8.68. The van der Waals surface area contributed by atoms with E-state index in [4.69, 9.17) is 0 Å². The predicted octanol–water partition coefficient (Wildman–Crippen LogP) is 1.54. The zero-order chi connectivity index (χ0) is 16.4. The zero-order valence-corrected chi connectivity index (χ0v) is 14.6. The number of thiophene rings is 1. The molecule has 0 aromatic carbocycles. The van der Waals surface area contributed by atoms with E-state index in [0.717, 1.165) is 25.7 Å². The number of rotatable bonds is 4. The van der Waals surface area contributed by atoms with Gasteiger partial charge in [0, 0.05) is 20.1 Å². The summed E-state index contributed by atoms with van der Waals surface area (Å²) < 4.78 is 28.7. The fraction of sp³-hybridized carbons (Fsp3) is 0.571. The van der Waals surface area contributed by atoms with E-state index < -0.39 is 10.2 Å². The van der Waals surface area contributed by atoms with Crippen LogP contribution in [0, 0.1) is 0 Å². The van der Waals surface area contributed by atoms with Crippen molar-refractivity contribution in [2.24, 2.45) is 0 Å². The third-order valence-corrected chi connectivity index (χ3v) is 6.86. The third-order valence-electron chi connectivity index (χ3n) is 4.02. The number of aromatic nitrogens is 2. The Hall–Kier alpha value is -1.29. The average molecular weight is 356 g/mol. The standard InChI is InChI=1S/C14H20N4O3S2/c1-17(23(20,21)18-7-4-2-3-5-8-18)10-12-15-11-6-9-22-13(11)14(19)16-12/h6,9H,2-5,7-8,10H2,1H3,(H,15,16,19). The van der Waals surface area contributed by atoms with E-state index in [9.17, 15) is 13.2 Å². The number of H-pyrrole nitrogens is 1. The van der Waals surface area contributed by atoms with Crippen LogP contribution < -0.4 is 5.56 Å². The van der Waals surface area contributed by atoms with Gasteiger partial charge in [-0.3, -0.25) is 4.79 Å². The molecule has 0 amide bonds. The van der Waals surface area contributed by atoms with Crippen molar-refractivity contribution >= 4 is 31.8 Å². The van der Waals surface area contributed by atoms with Crippen LogP contribution in [0.15, 0.2) is 16.2 Å². The largest absolute Gasteiger partial charge is 0.308 e. The molecule has 0 aliphatic carbocycles. The molecular weight excluding hydrogens is 336 g/mol. The molecule has 1 saturated heterocycles. The van der Waals surface area contributed by atoms with Crippen LogP contribution in [0.4, 0.5) is 0 Å². The van der Waals surface area contributed by atoms with E-state index in [1.54, 1.807) is 11.4 Å². The van der Waals surface area contributed by atoms with Crippen molar-refractivity contribution in [3.05, 3.63) is 27.6 Å². The molecule has 2 aromatic heterocycles. The van der Waals surface area contributed by atoms with Crippen LogP contribution in [0.5, 0.6) is 0 Å². The summed E-state index contributed by atoms with van der Waals surface area (Å²) in [5, 5.41) is 1.80. The van der Waals surface area contributed by atoms with Crippen LogP contribution in [0.25, 0.3) is 10.2 Å². The molecule has 0 saturated carbocycles. The summed E-state index contributed by atoms with van der Waals surface area (Å²) in [5.74, 6) is 0.363. The first-order valence-corrected chi connectivity index (χ1v) is 9.94. The van der Waals surface area contributed by atoms with Gasteiger partial charge in [0.1, 0.15) is 10.5 Å². The molecule has 0 radical (unpaired) electrons. The third kappa shape index (κ3) is 3.47. The first-order valence-electron chi connectivity index (χ1n) is 7.66. The van der Waals surface area contributed by atoms with Gasteiger partial charge in [0.25, 0.3) is 15.8 Å². The molecule has 0 unspecified atom stereocenters. The highest BCUT2D eigenvalue weighted by Gasteiger charge is 2.28. The molecule has 1 fully saturated rings. The van der Waals surface area contributed by atoms with Crippen LogP contribution >= 0.6 is 11.3 Å². The Morgan fingerprint density at radius 2 is 2.00 bits per heavy atom. The van der Waals surface area contributed by atoms with Gasteiger partial charge in [-0.15, -0.1) is 11.3 Å².